The van der Waals surface area contributed by atoms with Gasteiger partial charge in [-0.2, -0.15) is 0 Å². The maximum atomic E-state index is 12.1. The normalized spacial score (nSPS) is 11.7. The minimum absolute atomic E-state index is 0.0532. The van der Waals surface area contributed by atoms with E-state index in [0.717, 1.165) is 17.7 Å². The summed E-state index contributed by atoms with van der Waals surface area (Å²) < 4.78 is 32.2. The van der Waals surface area contributed by atoms with Crippen LogP contribution in [-0.2, 0) is 23.1 Å². The molecule has 0 radical (unpaired) electrons. The number of sulfonamides is 1. The van der Waals surface area contributed by atoms with Gasteiger partial charge in [0, 0.05) is 6.54 Å². The summed E-state index contributed by atoms with van der Waals surface area (Å²) in [6, 6.07) is 10.8. The molecule has 6 heteroatoms. The van der Waals surface area contributed by atoms with E-state index in [2.05, 4.69) is 10.0 Å². The highest BCUT2D eigenvalue weighted by molar-refractivity contribution is 7.89. The second kappa shape index (κ2) is 6.89. The van der Waals surface area contributed by atoms with Crippen LogP contribution in [0.2, 0.25) is 0 Å². The van der Waals surface area contributed by atoms with Crippen LogP contribution < -0.4 is 10.0 Å². The van der Waals surface area contributed by atoms with E-state index >= 15 is 0 Å². The Morgan fingerprint density at radius 2 is 1.76 bits per heavy atom. The summed E-state index contributed by atoms with van der Waals surface area (Å²) in [5, 5.41) is 3.03. The molecule has 0 amide bonds. The summed E-state index contributed by atoms with van der Waals surface area (Å²) in [7, 11) is -3.62. The van der Waals surface area contributed by atoms with E-state index < -0.39 is 10.0 Å². The summed E-state index contributed by atoms with van der Waals surface area (Å²) in [6.45, 7) is 5.52. The lowest BCUT2D eigenvalue weighted by molar-refractivity contribution is 0.401. The van der Waals surface area contributed by atoms with Gasteiger partial charge in [0.05, 0.1) is 6.54 Å². The monoisotopic (exact) mass is 308 g/mol. The standard InChI is InChI=1S/C15H20N2O3S/c1-3-16-11-14-8-9-15(20-14)21(18,19)17-10-13-6-4-12(2)5-7-13/h4-9,16-17H,3,10-11H2,1-2H3. The summed E-state index contributed by atoms with van der Waals surface area (Å²) in [5.41, 5.74) is 2.05. The van der Waals surface area contributed by atoms with Gasteiger partial charge < -0.3 is 9.73 Å². The van der Waals surface area contributed by atoms with E-state index in [1.54, 1.807) is 6.07 Å². The Labute approximate surface area is 125 Å². The summed E-state index contributed by atoms with van der Waals surface area (Å²) in [6.07, 6.45) is 0. The van der Waals surface area contributed by atoms with Gasteiger partial charge in [-0.05, 0) is 31.2 Å². The quantitative estimate of drug-likeness (QED) is 0.822. The van der Waals surface area contributed by atoms with E-state index in [9.17, 15) is 8.42 Å². The minimum Gasteiger partial charge on any atom is -0.447 e. The van der Waals surface area contributed by atoms with Crippen molar-refractivity contribution >= 4 is 10.0 Å². The van der Waals surface area contributed by atoms with Crippen molar-refractivity contribution < 1.29 is 12.8 Å². The van der Waals surface area contributed by atoms with Gasteiger partial charge in [0.2, 0.25) is 5.09 Å². The third kappa shape index (κ3) is 4.42. The first-order valence-corrected chi connectivity index (χ1v) is 8.34. The lowest BCUT2D eigenvalue weighted by Crippen LogP contribution is -2.22. The van der Waals surface area contributed by atoms with Gasteiger partial charge in [-0.15, -0.1) is 0 Å². The molecule has 0 spiro atoms. The van der Waals surface area contributed by atoms with Crippen LogP contribution in [0.1, 0.15) is 23.8 Å². The second-order valence-electron chi connectivity index (χ2n) is 4.81. The highest BCUT2D eigenvalue weighted by Crippen LogP contribution is 2.14. The topological polar surface area (TPSA) is 71.3 Å². The molecule has 2 aromatic rings. The smallest absolute Gasteiger partial charge is 0.274 e. The van der Waals surface area contributed by atoms with Crippen molar-refractivity contribution in [2.24, 2.45) is 0 Å². The molecule has 0 bridgehead atoms. The molecule has 2 N–H and O–H groups in total. The number of rotatable bonds is 7. The van der Waals surface area contributed by atoms with E-state index in [4.69, 9.17) is 4.42 Å². The van der Waals surface area contributed by atoms with Crippen LogP contribution in [0.25, 0.3) is 0 Å². The van der Waals surface area contributed by atoms with Crippen LogP contribution in [0.5, 0.6) is 0 Å². The molecule has 0 unspecified atom stereocenters. The molecule has 1 heterocycles. The first kappa shape index (κ1) is 15.8. The van der Waals surface area contributed by atoms with Crippen molar-refractivity contribution in [3.63, 3.8) is 0 Å². The molecule has 0 saturated carbocycles. The Kier molecular flexibility index (Phi) is 5.17. The lowest BCUT2D eigenvalue weighted by Gasteiger charge is -2.05. The van der Waals surface area contributed by atoms with Crippen molar-refractivity contribution in [2.45, 2.75) is 32.0 Å². The Hall–Kier alpha value is -1.63. The third-order valence-corrected chi connectivity index (χ3v) is 4.31. The molecule has 0 aliphatic rings. The van der Waals surface area contributed by atoms with Crippen molar-refractivity contribution in [2.75, 3.05) is 6.54 Å². The third-order valence-electron chi connectivity index (χ3n) is 3.04. The fourth-order valence-electron chi connectivity index (χ4n) is 1.80. The number of hydrogen-bond donors (Lipinski definition) is 2. The van der Waals surface area contributed by atoms with E-state index in [-0.39, 0.29) is 11.6 Å². The van der Waals surface area contributed by atoms with Gasteiger partial charge in [-0.3, -0.25) is 0 Å². The highest BCUT2D eigenvalue weighted by atomic mass is 32.2. The van der Waals surface area contributed by atoms with Crippen LogP contribution in [0, 0.1) is 6.92 Å². The Balaban J connectivity index is 2.00. The van der Waals surface area contributed by atoms with Crippen LogP contribution in [-0.4, -0.2) is 15.0 Å². The molecule has 0 aliphatic heterocycles. The molecule has 5 nitrogen and oxygen atoms in total. The van der Waals surface area contributed by atoms with Gasteiger partial charge in [-0.25, -0.2) is 13.1 Å². The number of hydrogen-bond acceptors (Lipinski definition) is 4. The zero-order chi connectivity index (χ0) is 15.3. The Morgan fingerprint density at radius 1 is 1.05 bits per heavy atom. The SMILES string of the molecule is CCNCc1ccc(S(=O)(=O)NCc2ccc(C)cc2)o1. The molecule has 0 fully saturated rings. The fourth-order valence-corrected chi connectivity index (χ4v) is 2.76. The lowest BCUT2D eigenvalue weighted by atomic mass is 10.2. The maximum absolute atomic E-state index is 12.1. The van der Waals surface area contributed by atoms with Crippen molar-refractivity contribution in [1.29, 1.82) is 0 Å². The number of benzene rings is 1. The van der Waals surface area contributed by atoms with Crippen LogP contribution >= 0.6 is 0 Å². The molecule has 0 atom stereocenters. The van der Waals surface area contributed by atoms with Crippen LogP contribution in [0.4, 0.5) is 0 Å². The Morgan fingerprint density at radius 3 is 2.43 bits per heavy atom. The van der Waals surface area contributed by atoms with Crippen LogP contribution in [0.3, 0.4) is 0 Å². The van der Waals surface area contributed by atoms with E-state index in [0.29, 0.717) is 12.3 Å². The average molecular weight is 308 g/mol. The van der Waals surface area contributed by atoms with Gasteiger partial charge in [0.25, 0.3) is 10.0 Å². The van der Waals surface area contributed by atoms with Gasteiger partial charge >= 0.3 is 0 Å². The predicted octanol–water partition coefficient (Wildman–Crippen LogP) is 2.18. The molecular formula is C15H20N2O3S. The zero-order valence-electron chi connectivity index (χ0n) is 12.2. The molecule has 2 rings (SSSR count). The van der Waals surface area contributed by atoms with Crippen molar-refractivity contribution in [3.05, 3.63) is 53.3 Å². The first-order valence-electron chi connectivity index (χ1n) is 6.86. The fraction of sp³-hybridized carbons (Fsp3) is 0.333. The molecule has 21 heavy (non-hydrogen) atoms. The number of nitrogens with one attached hydrogen (secondary N) is 2. The number of aryl methyl sites for hydroxylation is 1. The average Bonchev–Trinajstić information content (AvgIpc) is 2.94. The molecular weight excluding hydrogens is 288 g/mol. The summed E-state index contributed by atoms with van der Waals surface area (Å²) in [4.78, 5) is 0. The second-order valence-corrected chi connectivity index (χ2v) is 6.51. The molecule has 1 aromatic carbocycles. The first-order chi connectivity index (χ1) is 10.0. The highest BCUT2D eigenvalue weighted by Gasteiger charge is 2.18. The molecule has 1 aromatic heterocycles. The minimum atomic E-state index is -3.62. The molecule has 0 aliphatic carbocycles. The van der Waals surface area contributed by atoms with Crippen LogP contribution in [0.15, 0.2) is 45.9 Å². The molecule has 114 valence electrons. The number of furan rings is 1. The van der Waals surface area contributed by atoms with Gasteiger partial charge in [-0.1, -0.05) is 36.8 Å². The maximum Gasteiger partial charge on any atom is 0.274 e. The van der Waals surface area contributed by atoms with Crippen molar-refractivity contribution in [1.82, 2.24) is 10.0 Å². The predicted molar refractivity (Wildman–Crippen MR) is 81.3 cm³/mol. The van der Waals surface area contributed by atoms with E-state index in [1.165, 1.54) is 6.07 Å². The zero-order valence-corrected chi connectivity index (χ0v) is 13.0. The summed E-state index contributed by atoms with van der Waals surface area (Å²) >= 11 is 0. The van der Waals surface area contributed by atoms with E-state index in [1.807, 2.05) is 38.1 Å². The largest absolute Gasteiger partial charge is 0.447 e. The van der Waals surface area contributed by atoms with Gasteiger partial charge in [0.1, 0.15) is 5.76 Å². The van der Waals surface area contributed by atoms with Gasteiger partial charge in [0.15, 0.2) is 0 Å². The Bertz CT molecular complexity index is 675. The van der Waals surface area contributed by atoms with Crippen molar-refractivity contribution in [3.8, 4) is 0 Å². The molecule has 0 saturated heterocycles. The summed E-state index contributed by atoms with van der Waals surface area (Å²) in [5.74, 6) is 0.604.